The maximum absolute atomic E-state index is 13.2. The summed E-state index contributed by atoms with van der Waals surface area (Å²) in [6, 6.07) is 15.0. The number of fused-ring (bicyclic) bond motifs is 1. The SMILES string of the molecule is Fc1ccc(CNc2ccc3ncccc3c2)cc1Br. The van der Waals surface area contributed by atoms with E-state index in [0.717, 1.165) is 22.2 Å². The molecule has 0 aliphatic carbocycles. The number of anilines is 1. The van der Waals surface area contributed by atoms with Gasteiger partial charge in [-0.15, -0.1) is 0 Å². The Labute approximate surface area is 124 Å². The van der Waals surface area contributed by atoms with Gasteiger partial charge in [0, 0.05) is 23.8 Å². The van der Waals surface area contributed by atoms with Gasteiger partial charge >= 0.3 is 0 Å². The number of hydrogen-bond acceptors (Lipinski definition) is 2. The Kier molecular flexibility index (Phi) is 3.65. The molecule has 3 aromatic rings. The second-order valence-electron chi connectivity index (χ2n) is 4.51. The lowest BCUT2D eigenvalue weighted by molar-refractivity contribution is 0.620. The number of benzene rings is 2. The van der Waals surface area contributed by atoms with Crippen molar-refractivity contribution in [3.05, 3.63) is 70.6 Å². The average molecular weight is 331 g/mol. The first-order valence-electron chi connectivity index (χ1n) is 6.25. The van der Waals surface area contributed by atoms with Crippen LogP contribution < -0.4 is 5.32 Å². The summed E-state index contributed by atoms with van der Waals surface area (Å²) in [7, 11) is 0. The summed E-state index contributed by atoms with van der Waals surface area (Å²) in [6.07, 6.45) is 1.78. The van der Waals surface area contributed by atoms with Crippen LogP contribution in [0.5, 0.6) is 0 Å². The van der Waals surface area contributed by atoms with Gasteiger partial charge in [0.05, 0.1) is 9.99 Å². The number of halogens is 2. The maximum atomic E-state index is 13.2. The molecule has 0 bridgehead atoms. The van der Waals surface area contributed by atoms with Gasteiger partial charge in [-0.2, -0.15) is 0 Å². The number of nitrogens with one attached hydrogen (secondary N) is 1. The quantitative estimate of drug-likeness (QED) is 0.749. The Morgan fingerprint density at radius 1 is 1.10 bits per heavy atom. The highest BCUT2D eigenvalue weighted by atomic mass is 79.9. The van der Waals surface area contributed by atoms with Crippen LogP contribution in [0.1, 0.15) is 5.56 Å². The predicted molar refractivity (Wildman–Crippen MR) is 83.2 cm³/mol. The molecule has 2 aromatic carbocycles. The third-order valence-corrected chi connectivity index (χ3v) is 3.69. The smallest absolute Gasteiger partial charge is 0.137 e. The largest absolute Gasteiger partial charge is 0.381 e. The Hall–Kier alpha value is -1.94. The van der Waals surface area contributed by atoms with Crippen molar-refractivity contribution in [1.29, 1.82) is 0 Å². The molecule has 0 unspecified atom stereocenters. The number of rotatable bonds is 3. The minimum Gasteiger partial charge on any atom is -0.381 e. The Balaban J connectivity index is 1.77. The van der Waals surface area contributed by atoms with Crippen LogP contribution >= 0.6 is 15.9 Å². The summed E-state index contributed by atoms with van der Waals surface area (Å²) in [5.74, 6) is -0.245. The molecule has 4 heteroatoms. The zero-order chi connectivity index (χ0) is 13.9. The van der Waals surface area contributed by atoms with Crippen molar-refractivity contribution in [3.63, 3.8) is 0 Å². The van der Waals surface area contributed by atoms with Gasteiger partial charge in [-0.25, -0.2) is 4.39 Å². The van der Waals surface area contributed by atoms with Gasteiger partial charge in [-0.1, -0.05) is 12.1 Å². The van der Waals surface area contributed by atoms with E-state index in [2.05, 4.69) is 32.3 Å². The molecular weight excluding hydrogens is 319 g/mol. The third kappa shape index (κ3) is 2.80. The summed E-state index contributed by atoms with van der Waals surface area (Å²) in [4.78, 5) is 4.29. The molecule has 0 saturated carbocycles. The fourth-order valence-corrected chi connectivity index (χ4v) is 2.47. The lowest BCUT2D eigenvalue weighted by Gasteiger charge is -2.08. The molecule has 0 atom stereocenters. The molecule has 0 aliphatic rings. The average Bonchev–Trinajstić information content (AvgIpc) is 2.48. The van der Waals surface area contributed by atoms with Crippen molar-refractivity contribution >= 4 is 32.5 Å². The second kappa shape index (κ2) is 5.59. The van der Waals surface area contributed by atoms with Crippen LogP contribution in [0.2, 0.25) is 0 Å². The van der Waals surface area contributed by atoms with Crippen LogP contribution in [-0.4, -0.2) is 4.98 Å². The van der Waals surface area contributed by atoms with Gasteiger partial charge in [0.2, 0.25) is 0 Å². The molecule has 3 rings (SSSR count). The van der Waals surface area contributed by atoms with Crippen molar-refractivity contribution in [2.45, 2.75) is 6.54 Å². The van der Waals surface area contributed by atoms with E-state index in [1.54, 1.807) is 18.3 Å². The van der Waals surface area contributed by atoms with Crippen LogP contribution in [0.3, 0.4) is 0 Å². The van der Waals surface area contributed by atoms with Crippen LogP contribution in [0.4, 0.5) is 10.1 Å². The molecular formula is C16H12BrFN2. The summed E-state index contributed by atoms with van der Waals surface area (Å²) >= 11 is 3.19. The highest BCUT2D eigenvalue weighted by Gasteiger charge is 2.01. The van der Waals surface area contributed by atoms with Crippen molar-refractivity contribution in [2.75, 3.05) is 5.32 Å². The fourth-order valence-electron chi connectivity index (χ4n) is 2.04. The molecule has 1 aromatic heterocycles. The Morgan fingerprint density at radius 2 is 2.00 bits per heavy atom. The standard InChI is InChI=1S/C16H12BrFN2/c17-14-8-11(3-5-15(14)18)10-20-13-4-6-16-12(9-13)2-1-7-19-16/h1-9,20H,10H2. The molecule has 0 radical (unpaired) electrons. The summed E-state index contributed by atoms with van der Waals surface area (Å²) < 4.78 is 13.6. The van der Waals surface area contributed by atoms with E-state index in [0.29, 0.717) is 11.0 Å². The van der Waals surface area contributed by atoms with Crippen molar-refractivity contribution in [1.82, 2.24) is 4.98 Å². The second-order valence-corrected chi connectivity index (χ2v) is 5.37. The van der Waals surface area contributed by atoms with E-state index < -0.39 is 0 Å². The molecule has 2 nitrogen and oxygen atoms in total. The van der Waals surface area contributed by atoms with E-state index >= 15 is 0 Å². The Bertz CT molecular complexity index is 758. The first-order valence-corrected chi connectivity index (χ1v) is 7.04. The van der Waals surface area contributed by atoms with E-state index in [9.17, 15) is 4.39 Å². The summed E-state index contributed by atoms with van der Waals surface area (Å²) in [5, 5.41) is 4.42. The van der Waals surface area contributed by atoms with Gasteiger partial charge in [0.1, 0.15) is 5.82 Å². The minimum absolute atomic E-state index is 0.245. The molecule has 100 valence electrons. The summed E-state index contributed by atoms with van der Waals surface area (Å²) in [5.41, 5.74) is 3.01. The van der Waals surface area contributed by atoms with Gasteiger partial charge in [0.25, 0.3) is 0 Å². The third-order valence-electron chi connectivity index (χ3n) is 3.08. The molecule has 1 heterocycles. The van der Waals surface area contributed by atoms with Crippen LogP contribution in [0.25, 0.3) is 10.9 Å². The van der Waals surface area contributed by atoms with Crippen molar-refractivity contribution < 1.29 is 4.39 Å². The number of hydrogen-bond donors (Lipinski definition) is 1. The molecule has 20 heavy (non-hydrogen) atoms. The van der Waals surface area contributed by atoms with E-state index in [4.69, 9.17) is 0 Å². The molecule has 0 fully saturated rings. The van der Waals surface area contributed by atoms with E-state index in [1.807, 2.05) is 24.3 Å². The van der Waals surface area contributed by atoms with Crippen molar-refractivity contribution in [3.8, 4) is 0 Å². The minimum atomic E-state index is -0.245. The van der Waals surface area contributed by atoms with Gasteiger partial charge < -0.3 is 5.32 Å². The number of nitrogens with zero attached hydrogens (tertiary/aromatic N) is 1. The zero-order valence-corrected chi connectivity index (χ0v) is 12.2. The lowest BCUT2D eigenvalue weighted by Crippen LogP contribution is -1.99. The fraction of sp³-hybridized carbons (Fsp3) is 0.0625. The normalized spacial score (nSPS) is 10.7. The van der Waals surface area contributed by atoms with Gasteiger partial charge in [0.15, 0.2) is 0 Å². The number of aromatic nitrogens is 1. The van der Waals surface area contributed by atoms with E-state index in [-0.39, 0.29) is 5.82 Å². The molecule has 1 N–H and O–H groups in total. The first kappa shape index (κ1) is 13.1. The topological polar surface area (TPSA) is 24.9 Å². The van der Waals surface area contributed by atoms with E-state index in [1.165, 1.54) is 6.07 Å². The Morgan fingerprint density at radius 3 is 2.85 bits per heavy atom. The lowest BCUT2D eigenvalue weighted by atomic mass is 10.2. The summed E-state index contributed by atoms with van der Waals surface area (Å²) in [6.45, 7) is 0.644. The highest BCUT2D eigenvalue weighted by molar-refractivity contribution is 9.10. The van der Waals surface area contributed by atoms with Crippen LogP contribution in [0.15, 0.2) is 59.2 Å². The monoisotopic (exact) mass is 330 g/mol. The van der Waals surface area contributed by atoms with Gasteiger partial charge in [-0.05, 0) is 57.9 Å². The van der Waals surface area contributed by atoms with Crippen LogP contribution in [-0.2, 0) is 6.54 Å². The number of pyridine rings is 1. The molecule has 0 aliphatic heterocycles. The van der Waals surface area contributed by atoms with Crippen LogP contribution in [0, 0.1) is 5.82 Å². The predicted octanol–water partition coefficient (Wildman–Crippen LogP) is 4.75. The molecule has 0 amide bonds. The van der Waals surface area contributed by atoms with Crippen molar-refractivity contribution in [2.24, 2.45) is 0 Å². The van der Waals surface area contributed by atoms with Gasteiger partial charge in [-0.3, -0.25) is 4.98 Å². The maximum Gasteiger partial charge on any atom is 0.137 e. The molecule has 0 spiro atoms. The highest BCUT2D eigenvalue weighted by Crippen LogP contribution is 2.20. The molecule has 0 saturated heterocycles. The zero-order valence-electron chi connectivity index (χ0n) is 10.6. The first-order chi connectivity index (χ1) is 9.72.